The summed E-state index contributed by atoms with van der Waals surface area (Å²) in [6.45, 7) is 4.77. The van der Waals surface area contributed by atoms with Crippen LogP contribution in [0.15, 0.2) is 71.6 Å². The van der Waals surface area contributed by atoms with E-state index in [0.29, 0.717) is 11.8 Å². The Hall–Kier alpha value is -2.54. The Labute approximate surface area is 155 Å². The van der Waals surface area contributed by atoms with Crippen LogP contribution in [-0.4, -0.2) is 0 Å². The Morgan fingerprint density at radius 1 is 0.962 bits per heavy atom. The van der Waals surface area contributed by atoms with Crippen LogP contribution >= 0.6 is 0 Å². The maximum atomic E-state index is 3.75. The van der Waals surface area contributed by atoms with Crippen molar-refractivity contribution in [3.63, 3.8) is 0 Å². The van der Waals surface area contributed by atoms with Gasteiger partial charge in [-0.05, 0) is 58.4 Å². The molecule has 0 radical (unpaired) electrons. The normalized spacial score (nSPS) is 26.3. The summed E-state index contributed by atoms with van der Waals surface area (Å²) < 4.78 is 0. The monoisotopic (exact) mass is 337 g/mol. The van der Waals surface area contributed by atoms with E-state index in [2.05, 4.69) is 79.9 Å². The first-order chi connectivity index (χ1) is 12.7. The van der Waals surface area contributed by atoms with Crippen molar-refractivity contribution in [3.8, 4) is 0 Å². The van der Waals surface area contributed by atoms with Gasteiger partial charge in [0, 0.05) is 28.6 Å². The molecule has 1 aliphatic heterocycles. The molecule has 0 bridgehead atoms. The standard InChI is InChI=1S/C25H23N/c1-25(2)18-11-5-3-9-16(18)24-22-15(8-7-12-19(22)25)14-21-23(24)17-10-4-6-13-20(17)26-21/h3,5-9,11-14,23-24,26H,4,10H2,1-2H3. The zero-order valence-electron chi connectivity index (χ0n) is 15.3. The fourth-order valence-corrected chi connectivity index (χ4v) is 5.81. The fraction of sp³-hybridized carbons (Fsp3) is 0.280. The lowest BCUT2D eigenvalue weighted by atomic mass is 9.59. The van der Waals surface area contributed by atoms with E-state index < -0.39 is 0 Å². The van der Waals surface area contributed by atoms with Crippen LogP contribution in [0.1, 0.15) is 60.4 Å². The van der Waals surface area contributed by atoms with Crippen LogP contribution in [0.4, 0.5) is 0 Å². The van der Waals surface area contributed by atoms with Gasteiger partial charge in [0.15, 0.2) is 0 Å². The third kappa shape index (κ3) is 1.66. The van der Waals surface area contributed by atoms with E-state index in [1.54, 1.807) is 11.1 Å². The first-order valence-electron chi connectivity index (χ1n) is 9.77. The van der Waals surface area contributed by atoms with E-state index >= 15 is 0 Å². The molecule has 4 aliphatic rings. The molecule has 0 spiro atoms. The highest BCUT2D eigenvalue weighted by Gasteiger charge is 2.47. The van der Waals surface area contributed by atoms with Crippen molar-refractivity contribution < 1.29 is 0 Å². The second-order valence-corrected chi connectivity index (χ2v) is 8.58. The molecular formula is C25H23N. The summed E-state index contributed by atoms with van der Waals surface area (Å²) in [6, 6.07) is 16.0. The van der Waals surface area contributed by atoms with Gasteiger partial charge in [0.25, 0.3) is 0 Å². The smallest absolute Gasteiger partial charge is 0.0377 e. The molecule has 2 aromatic carbocycles. The molecule has 2 atom stereocenters. The highest BCUT2D eigenvalue weighted by molar-refractivity contribution is 5.73. The quantitative estimate of drug-likeness (QED) is 0.656. The van der Waals surface area contributed by atoms with Crippen LogP contribution < -0.4 is 5.32 Å². The van der Waals surface area contributed by atoms with E-state index in [4.69, 9.17) is 0 Å². The third-order valence-corrected chi connectivity index (χ3v) is 6.94. The van der Waals surface area contributed by atoms with Crippen molar-refractivity contribution in [2.45, 2.75) is 38.0 Å². The first-order valence-corrected chi connectivity index (χ1v) is 9.77. The van der Waals surface area contributed by atoms with E-state index in [0.717, 1.165) is 0 Å². The minimum Gasteiger partial charge on any atom is -0.358 e. The van der Waals surface area contributed by atoms with Crippen LogP contribution in [0.3, 0.4) is 0 Å². The molecule has 1 heterocycles. The molecule has 0 fully saturated rings. The summed E-state index contributed by atoms with van der Waals surface area (Å²) in [5.41, 5.74) is 11.9. The Balaban J connectivity index is 1.69. The Kier molecular flexibility index (Phi) is 2.69. The maximum Gasteiger partial charge on any atom is 0.0377 e. The lowest BCUT2D eigenvalue weighted by Crippen LogP contribution is -2.35. The Morgan fingerprint density at radius 2 is 1.81 bits per heavy atom. The van der Waals surface area contributed by atoms with Gasteiger partial charge in [0.2, 0.25) is 0 Å². The molecule has 3 aliphatic carbocycles. The average Bonchev–Trinajstić information content (AvgIpc) is 3.03. The Bertz CT molecular complexity index is 1050. The summed E-state index contributed by atoms with van der Waals surface area (Å²) in [7, 11) is 0. The lowest BCUT2D eigenvalue weighted by molar-refractivity contribution is 0.521. The van der Waals surface area contributed by atoms with Gasteiger partial charge in [-0.25, -0.2) is 0 Å². The maximum absolute atomic E-state index is 3.75. The molecule has 2 unspecified atom stereocenters. The van der Waals surface area contributed by atoms with Crippen molar-refractivity contribution >= 4 is 6.08 Å². The minimum atomic E-state index is 0.0551. The van der Waals surface area contributed by atoms with Crippen LogP contribution in [-0.2, 0) is 5.41 Å². The highest BCUT2D eigenvalue weighted by Crippen LogP contribution is 2.57. The van der Waals surface area contributed by atoms with Gasteiger partial charge in [-0.15, -0.1) is 0 Å². The van der Waals surface area contributed by atoms with Crippen LogP contribution in [0.2, 0.25) is 0 Å². The van der Waals surface area contributed by atoms with Crippen LogP contribution in [0.25, 0.3) is 6.08 Å². The summed E-state index contributed by atoms with van der Waals surface area (Å²) in [5.74, 6) is 0.915. The summed E-state index contributed by atoms with van der Waals surface area (Å²) >= 11 is 0. The van der Waals surface area contributed by atoms with E-state index in [-0.39, 0.29) is 5.41 Å². The lowest BCUT2D eigenvalue weighted by Gasteiger charge is -2.44. The molecule has 6 rings (SSSR count). The van der Waals surface area contributed by atoms with Crippen molar-refractivity contribution in [3.05, 3.63) is 99.4 Å². The average molecular weight is 337 g/mol. The van der Waals surface area contributed by atoms with Crippen molar-refractivity contribution in [2.75, 3.05) is 0 Å². The van der Waals surface area contributed by atoms with E-state index in [9.17, 15) is 0 Å². The van der Waals surface area contributed by atoms with Gasteiger partial charge in [-0.3, -0.25) is 0 Å². The van der Waals surface area contributed by atoms with Gasteiger partial charge in [0.05, 0.1) is 0 Å². The molecular weight excluding hydrogens is 314 g/mol. The number of benzene rings is 2. The number of hydrogen-bond acceptors (Lipinski definition) is 1. The molecule has 0 saturated carbocycles. The predicted molar refractivity (Wildman–Crippen MR) is 107 cm³/mol. The van der Waals surface area contributed by atoms with Crippen LogP contribution in [0.5, 0.6) is 0 Å². The van der Waals surface area contributed by atoms with Gasteiger partial charge in [-0.2, -0.15) is 0 Å². The Morgan fingerprint density at radius 3 is 2.73 bits per heavy atom. The van der Waals surface area contributed by atoms with Crippen molar-refractivity contribution in [1.82, 2.24) is 5.32 Å². The van der Waals surface area contributed by atoms with Crippen molar-refractivity contribution in [2.24, 2.45) is 5.92 Å². The predicted octanol–water partition coefficient (Wildman–Crippen LogP) is 5.64. The molecule has 1 N–H and O–H groups in total. The second kappa shape index (κ2) is 4.79. The first kappa shape index (κ1) is 14.6. The van der Waals surface area contributed by atoms with Crippen LogP contribution in [0, 0.1) is 5.92 Å². The van der Waals surface area contributed by atoms with Gasteiger partial charge >= 0.3 is 0 Å². The molecule has 0 saturated heterocycles. The number of fused-ring (bicyclic) bond motifs is 5. The van der Waals surface area contributed by atoms with Gasteiger partial charge in [0.1, 0.15) is 0 Å². The largest absolute Gasteiger partial charge is 0.358 e. The van der Waals surface area contributed by atoms with Gasteiger partial charge in [-0.1, -0.05) is 62.4 Å². The second-order valence-electron chi connectivity index (χ2n) is 8.58. The minimum absolute atomic E-state index is 0.0551. The third-order valence-electron chi connectivity index (χ3n) is 6.94. The molecule has 1 nitrogen and oxygen atoms in total. The number of nitrogens with one attached hydrogen (secondary N) is 1. The summed E-state index contributed by atoms with van der Waals surface area (Å²) in [5, 5.41) is 3.75. The van der Waals surface area contributed by atoms with E-state index in [1.807, 2.05) is 0 Å². The molecule has 1 heteroatoms. The molecule has 26 heavy (non-hydrogen) atoms. The zero-order valence-corrected chi connectivity index (χ0v) is 15.3. The van der Waals surface area contributed by atoms with Crippen molar-refractivity contribution in [1.29, 1.82) is 0 Å². The van der Waals surface area contributed by atoms with Gasteiger partial charge < -0.3 is 5.32 Å². The summed E-state index contributed by atoms with van der Waals surface area (Å²) in [6.07, 6.45) is 9.36. The van der Waals surface area contributed by atoms with E-state index in [1.165, 1.54) is 46.5 Å². The number of rotatable bonds is 0. The zero-order chi connectivity index (χ0) is 17.5. The molecule has 0 amide bonds. The highest BCUT2D eigenvalue weighted by atomic mass is 14.9. The molecule has 0 aromatic heterocycles. The number of hydrogen-bond donors (Lipinski definition) is 1. The fourth-order valence-electron chi connectivity index (χ4n) is 5.81. The topological polar surface area (TPSA) is 12.0 Å². The summed E-state index contributed by atoms with van der Waals surface area (Å²) in [4.78, 5) is 0. The number of allylic oxidation sites excluding steroid dienone is 3. The molecule has 2 aromatic rings. The molecule has 128 valence electrons. The SMILES string of the molecule is CC1(C)c2ccccc2C2c3c(cccc31)C=C1NC3=C(CCC=C3)C12.